The Morgan fingerprint density at radius 2 is 1.42 bits per heavy atom. The molecule has 1 heterocycles. The lowest BCUT2D eigenvalue weighted by molar-refractivity contribution is -0.154. The Bertz CT molecular complexity index is 1520. The summed E-state index contributed by atoms with van der Waals surface area (Å²) in [5, 5.41) is 5.89. The number of alkyl carbamates (subject to hydrolysis) is 1. The third-order valence-corrected chi connectivity index (χ3v) is 8.13. The average molecular weight is 655 g/mol. The van der Waals surface area contributed by atoms with Crippen LogP contribution in [0.15, 0.2) is 104 Å². The Hall–Kier alpha value is -5.12. The summed E-state index contributed by atoms with van der Waals surface area (Å²) in [7, 11) is 0. The molecule has 10 heteroatoms. The number of carbonyl (C=O) groups is 4. The number of rotatable bonds is 12. The second-order valence-electron chi connectivity index (χ2n) is 12.9. The molecule has 0 radical (unpaired) electrons. The fraction of sp³-hybridized carbons (Fsp3) is 0.368. The first-order valence-corrected chi connectivity index (χ1v) is 16.2. The largest absolute Gasteiger partial charge is 0.445 e. The van der Waals surface area contributed by atoms with E-state index in [-0.39, 0.29) is 58.0 Å². The summed E-state index contributed by atoms with van der Waals surface area (Å²) < 4.78 is 10.9. The topological polar surface area (TPSA) is 117 Å². The van der Waals surface area contributed by atoms with E-state index < -0.39 is 35.3 Å². The van der Waals surface area contributed by atoms with Gasteiger partial charge in [-0.15, -0.1) is 0 Å². The second-order valence-corrected chi connectivity index (χ2v) is 12.9. The lowest BCUT2D eigenvalue weighted by Crippen LogP contribution is -2.67. The molecule has 0 aliphatic carbocycles. The van der Waals surface area contributed by atoms with Gasteiger partial charge in [0.15, 0.2) is 0 Å². The van der Waals surface area contributed by atoms with Crippen LogP contribution in [0.2, 0.25) is 0 Å². The summed E-state index contributed by atoms with van der Waals surface area (Å²) in [6.07, 6.45) is 0.723. The number of piperidine rings is 1. The van der Waals surface area contributed by atoms with E-state index in [1.165, 1.54) is 11.0 Å². The first-order valence-electron chi connectivity index (χ1n) is 16.2. The third kappa shape index (κ3) is 9.94. The number of hydrogen-bond acceptors (Lipinski definition) is 6. The minimum atomic E-state index is -1.36. The third-order valence-electron chi connectivity index (χ3n) is 8.13. The van der Waals surface area contributed by atoms with Crippen LogP contribution in [0.1, 0.15) is 50.3 Å². The maximum absolute atomic E-state index is 15.0. The Labute approximate surface area is 283 Å². The molecule has 10 nitrogen and oxygen atoms in total. The molecule has 1 aliphatic heterocycles. The predicted molar refractivity (Wildman–Crippen MR) is 184 cm³/mol. The van der Waals surface area contributed by atoms with E-state index >= 15 is 0 Å². The molecule has 1 aliphatic rings. The van der Waals surface area contributed by atoms with E-state index in [1.54, 1.807) is 25.7 Å². The van der Waals surface area contributed by atoms with Gasteiger partial charge in [0.05, 0.1) is 0 Å². The van der Waals surface area contributed by atoms with Crippen molar-refractivity contribution in [3.05, 3.63) is 120 Å². The van der Waals surface area contributed by atoms with Crippen molar-refractivity contribution in [2.75, 3.05) is 19.7 Å². The summed E-state index contributed by atoms with van der Waals surface area (Å²) in [5.74, 6) is -0.781. The monoisotopic (exact) mass is 654 g/mol. The molecule has 48 heavy (non-hydrogen) atoms. The van der Waals surface area contributed by atoms with E-state index in [1.807, 2.05) is 91.0 Å². The molecule has 4 amide bonds. The number of likely N-dealkylation sites (tertiary alicyclic amines) is 1. The number of nitrogens with one attached hydrogen (secondary N) is 2. The second kappa shape index (κ2) is 16.6. The highest BCUT2D eigenvalue weighted by molar-refractivity contribution is 5.94. The summed E-state index contributed by atoms with van der Waals surface area (Å²) in [4.78, 5) is 58.5. The van der Waals surface area contributed by atoms with Gasteiger partial charge in [-0.25, -0.2) is 9.59 Å². The molecule has 0 bridgehead atoms. The van der Waals surface area contributed by atoms with E-state index in [9.17, 15) is 19.2 Å². The van der Waals surface area contributed by atoms with Crippen molar-refractivity contribution in [1.82, 2.24) is 20.4 Å². The van der Waals surface area contributed by atoms with E-state index in [0.29, 0.717) is 0 Å². The van der Waals surface area contributed by atoms with Crippen LogP contribution in [0.25, 0.3) is 0 Å². The molecule has 1 fully saturated rings. The van der Waals surface area contributed by atoms with Crippen LogP contribution in [0, 0.1) is 0 Å². The highest BCUT2D eigenvalue weighted by Gasteiger charge is 2.50. The lowest BCUT2D eigenvalue weighted by atomic mass is 9.83. The molecule has 0 saturated carbocycles. The van der Waals surface area contributed by atoms with Gasteiger partial charge in [0.1, 0.15) is 23.8 Å². The minimum Gasteiger partial charge on any atom is -0.445 e. The molecule has 0 spiro atoms. The fourth-order valence-electron chi connectivity index (χ4n) is 5.74. The van der Waals surface area contributed by atoms with Gasteiger partial charge in [0, 0.05) is 32.6 Å². The molecule has 2 N–H and O–H groups in total. The predicted octanol–water partition coefficient (Wildman–Crippen LogP) is 5.62. The SMILES string of the molecule is C=CCOC(=O)N1CCC(C(=O)NCc2ccccc2)(N(Cc2ccccc2)C(=O)[C@H](Cc2ccccc2)NC(=O)OC(C)(C)C)CC1. The zero-order chi connectivity index (χ0) is 34.6. The Balaban J connectivity index is 1.75. The van der Waals surface area contributed by atoms with E-state index in [4.69, 9.17) is 9.47 Å². The molecule has 4 rings (SSSR count). The van der Waals surface area contributed by atoms with Gasteiger partial charge in [-0.2, -0.15) is 0 Å². The van der Waals surface area contributed by atoms with E-state index in [0.717, 1.165) is 16.7 Å². The number of amides is 4. The van der Waals surface area contributed by atoms with Gasteiger partial charge >= 0.3 is 12.2 Å². The molecular weight excluding hydrogens is 608 g/mol. The van der Waals surface area contributed by atoms with Crippen LogP contribution in [-0.4, -0.2) is 70.7 Å². The highest BCUT2D eigenvalue weighted by atomic mass is 16.6. The lowest BCUT2D eigenvalue weighted by Gasteiger charge is -2.48. The molecule has 1 atom stereocenters. The Kier molecular flexibility index (Phi) is 12.4. The molecule has 3 aromatic carbocycles. The first-order chi connectivity index (χ1) is 23.0. The molecule has 0 aromatic heterocycles. The standard InChI is InChI=1S/C38H46N4O6/c1-5-25-47-36(46)41-23-21-38(22-24-41,34(44)39-27-30-17-11-7-12-18-30)42(28-31-19-13-8-14-20-31)33(43)32(26-29-15-9-6-10-16-29)40-35(45)48-37(2,3)4/h5-20,32H,1,21-28H2,2-4H3,(H,39,44)(H,40,45)/t32-/m0/s1. The van der Waals surface area contributed by atoms with Gasteiger partial charge in [-0.3, -0.25) is 9.59 Å². The van der Waals surface area contributed by atoms with E-state index in [2.05, 4.69) is 17.2 Å². The summed E-state index contributed by atoms with van der Waals surface area (Å²) in [5.41, 5.74) is 0.390. The Morgan fingerprint density at radius 1 is 0.875 bits per heavy atom. The summed E-state index contributed by atoms with van der Waals surface area (Å²) >= 11 is 0. The number of ether oxygens (including phenoxy) is 2. The van der Waals surface area contributed by atoms with Gasteiger partial charge < -0.3 is 29.9 Å². The van der Waals surface area contributed by atoms with Crippen molar-refractivity contribution in [3.8, 4) is 0 Å². The van der Waals surface area contributed by atoms with Crippen LogP contribution in [0.5, 0.6) is 0 Å². The number of hydrogen-bond donors (Lipinski definition) is 2. The van der Waals surface area contributed by atoms with Crippen molar-refractivity contribution < 1.29 is 28.7 Å². The van der Waals surface area contributed by atoms with Crippen LogP contribution in [-0.2, 0) is 38.6 Å². The maximum Gasteiger partial charge on any atom is 0.410 e. The molecule has 254 valence electrons. The van der Waals surface area contributed by atoms with Crippen molar-refractivity contribution in [2.24, 2.45) is 0 Å². The summed E-state index contributed by atoms with van der Waals surface area (Å²) in [6, 6.07) is 27.3. The van der Waals surface area contributed by atoms with Crippen molar-refractivity contribution in [2.45, 2.75) is 70.3 Å². The molecular formula is C38H46N4O6. The van der Waals surface area contributed by atoms with Crippen LogP contribution < -0.4 is 10.6 Å². The highest BCUT2D eigenvalue weighted by Crippen LogP contribution is 2.33. The number of carbonyl (C=O) groups excluding carboxylic acids is 4. The van der Waals surface area contributed by atoms with Gasteiger partial charge in [-0.1, -0.05) is 104 Å². The Morgan fingerprint density at radius 3 is 1.96 bits per heavy atom. The van der Waals surface area contributed by atoms with Crippen molar-refractivity contribution in [1.29, 1.82) is 0 Å². The fourth-order valence-corrected chi connectivity index (χ4v) is 5.74. The average Bonchev–Trinajstić information content (AvgIpc) is 3.08. The van der Waals surface area contributed by atoms with Crippen molar-refractivity contribution >= 4 is 24.0 Å². The smallest absolute Gasteiger partial charge is 0.410 e. The normalized spacial score (nSPS) is 14.6. The molecule has 3 aromatic rings. The zero-order valence-electron chi connectivity index (χ0n) is 28.0. The van der Waals surface area contributed by atoms with Crippen LogP contribution in [0.3, 0.4) is 0 Å². The first kappa shape index (κ1) is 35.7. The number of nitrogens with zero attached hydrogens (tertiary/aromatic N) is 2. The maximum atomic E-state index is 15.0. The van der Waals surface area contributed by atoms with Gasteiger partial charge in [-0.05, 0) is 50.3 Å². The quantitative estimate of drug-likeness (QED) is 0.245. The zero-order valence-corrected chi connectivity index (χ0v) is 28.0. The minimum absolute atomic E-state index is 0.0636. The van der Waals surface area contributed by atoms with Gasteiger partial charge in [0.25, 0.3) is 0 Å². The van der Waals surface area contributed by atoms with Crippen molar-refractivity contribution in [3.63, 3.8) is 0 Å². The van der Waals surface area contributed by atoms with Crippen LogP contribution in [0.4, 0.5) is 9.59 Å². The summed E-state index contributed by atoms with van der Waals surface area (Å²) in [6.45, 7) is 9.63. The van der Waals surface area contributed by atoms with Gasteiger partial charge in [0.2, 0.25) is 11.8 Å². The van der Waals surface area contributed by atoms with Crippen LogP contribution >= 0.6 is 0 Å². The number of benzene rings is 3. The molecule has 1 saturated heterocycles. The molecule has 0 unspecified atom stereocenters.